The van der Waals surface area contributed by atoms with Crippen LogP contribution < -0.4 is 10.6 Å². The van der Waals surface area contributed by atoms with Gasteiger partial charge < -0.3 is 15.5 Å². The van der Waals surface area contributed by atoms with Crippen LogP contribution in [0.15, 0.2) is 54.6 Å². The number of nitrogens with one attached hydrogen (secondary N) is 2. The summed E-state index contributed by atoms with van der Waals surface area (Å²) >= 11 is 0. The fraction of sp³-hybridized carbons (Fsp3) is 0.500. The number of hydrogen-bond acceptors (Lipinski definition) is 2. The summed E-state index contributed by atoms with van der Waals surface area (Å²) in [6, 6.07) is 15.4. The molecule has 1 aliphatic carbocycles. The summed E-state index contributed by atoms with van der Waals surface area (Å²) in [7, 11) is 0. The Hall–Kier alpha value is -2.89. The van der Waals surface area contributed by atoms with E-state index in [-0.39, 0.29) is 17.8 Å². The molecule has 4 rings (SSSR count). The van der Waals surface area contributed by atoms with Gasteiger partial charge in [0, 0.05) is 18.8 Å². The van der Waals surface area contributed by atoms with Gasteiger partial charge in [0.1, 0.15) is 11.9 Å². The van der Waals surface area contributed by atoms with Crippen LogP contribution in [-0.4, -0.2) is 36.0 Å². The van der Waals surface area contributed by atoms with Crippen LogP contribution in [-0.2, 0) is 4.79 Å². The average molecular weight is 466 g/mol. The van der Waals surface area contributed by atoms with E-state index in [4.69, 9.17) is 0 Å². The summed E-state index contributed by atoms with van der Waals surface area (Å²) in [4.78, 5) is 27.6. The van der Waals surface area contributed by atoms with Gasteiger partial charge in [-0.25, -0.2) is 9.18 Å². The summed E-state index contributed by atoms with van der Waals surface area (Å²) < 4.78 is 13.1. The Morgan fingerprint density at radius 2 is 1.68 bits per heavy atom. The van der Waals surface area contributed by atoms with Gasteiger partial charge in [0.05, 0.1) is 0 Å². The lowest BCUT2D eigenvalue weighted by Gasteiger charge is -2.31. The van der Waals surface area contributed by atoms with Crippen molar-refractivity contribution >= 4 is 17.6 Å². The van der Waals surface area contributed by atoms with Gasteiger partial charge in [-0.05, 0) is 80.2 Å². The van der Waals surface area contributed by atoms with Crippen LogP contribution >= 0.6 is 0 Å². The third kappa shape index (κ3) is 7.05. The number of anilines is 1. The molecular weight excluding hydrogens is 429 g/mol. The number of carbonyl (C=O) groups is 2. The maximum Gasteiger partial charge on any atom is 0.319 e. The number of unbranched alkanes of at least 4 members (excludes halogenated alkanes) is 2. The molecule has 5 nitrogen and oxygen atoms in total. The standard InChI is InChI=1S/C28H36FN3O2/c29-23-16-14-21(15-17-23)25-20-22(25)10-4-1-7-13-26(27(33)32-18-8-3-9-19-32)31-28(34)30-24-11-5-2-6-12-24/h2,5-6,11-12,14-17,22,25-26H,1,3-4,7-10,13,18-20H2,(H2,30,31,34)/t22-,25+,26+/m1/s1. The van der Waals surface area contributed by atoms with E-state index in [0.29, 0.717) is 23.9 Å². The minimum atomic E-state index is -0.491. The van der Waals surface area contributed by atoms with E-state index in [0.717, 1.165) is 58.0 Å². The normalized spacial score (nSPS) is 20.4. The number of likely N-dealkylation sites (tertiary alicyclic amines) is 1. The first-order valence-electron chi connectivity index (χ1n) is 12.8. The first-order chi connectivity index (χ1) is 16.6. The summed E-state index contributed by atoms with van der Waals surface area (Å²) in [6.45, 7) is 1.56. The second-order valence-electron chi connectivity index (χ2n) is 9.69. The molecule has 6 heteroatoms. The molecule has 1 heterocycles. The van der Waals surface area contributed by atoms with E-state index in [1.165, 1.54) is 12.0 Å². The minimum absolute atomic E-state index is 0.0430. The Labute approximate surface area is 202 Å². The molecule has 2 N–H and O–H groups in total. The number of para-hydroxylation sites is 1. The molecule has 2 fully saturated rings. The zero-order chi connectivity index (χ0) is 23.8. The highest BCUT2D eigenvalue weighted by molar-refractivity contribution is 5.93. The van der Waals surface area contributed by atoms with Gasteiger partial charge in [0.2, 0.25) is 5.91 Å². The molecule has 0 bridgehead atoms. The molecule has 34 heavy (non-hydrogen) atoms. The third-order valence-electron chi connectivity index (χ3n) is 7.09. The molecule has 1 saturated carbocycles. The first-order valence-corrected chi connectivity index (χ1v) is 12.8. The second kappa shape index (κ2) is 12.0. The van der Waals surface area contributed by atoms with E-state index >= 15 is 0 Å². The molecule has 2 aliphatic rings. The Morgan fingerprint density at radius 1 is 0.941 bits per heavy atom. The number of hydrogen-bond donors (Lipinski definition) is 2. The topological polar surface area (TPSA) is 61.4 Å². The SMILES string of the molecule is O=C(Nc1ccccc1)N[C@@H](CCCCC[C@@H]1C[C@H]1c1ccc(F)cc1)C(=O)N1CCCCC1. The molecule has 182 valence electrons. The van der Waals surface area contributed by atoms with Gasteiger partial charge >= 0.3 is 6.03 Å². The van der Waals surface area contributed by atoms with Crippen LogP contribution in [0.5, 0.6) is 0 Å². The van der Waals surface area contributed by atoms with E-state index in [2.05, 4.69) is 10.6 Å². The fourth-order valence-electron chi connectivity index (χ4n) is 5.06. The van der Waals surface area contributed by atoms with Crippen LogP contribution in [0.1, 0.15) is 69.3 Å². The first kappa shape index (κ1) is 24.2. The molecule has 0 radical (unpaired) electrons. The Morgan fingerprint density at radius 3 is 2.41 bits per heavy atom. The van der Waals surface area contributed by atoms with Gasteiger partial charge in [-0.3, -0.25) is 4.79 Å². The Kier molecular flexibility index (Phi) is 8.56. The molecule has 3 amide bonds. The number of nitrogens with zero attached hydrogens (tertiary/aromatic N) is 1. The summed E-state index contributed by atoms with van der Waals surface area (Å²) in [5, 5.41) is 5.77. The lowest BCUT2D eigenvalue weighted by atomic mass is 10.0. The van der Waals surface area contributed by atoms with Crippen molar-refractivity contribution in [2.45, 2.75) is 69.7 Å². The summed E-state index contributed by atoms with van der Waals surface area (Å²) in [5.74, 6) is 1.12. The average Bonchev–Trinajstić information content (AvgIpc) is 3.64. The predicted octanol–water partition coefficient (Wildman–Crippen LogP) is 6.08. The van der Waals surface area contributed by atoms with Crippen molar-refractivity contribution in [1.82, 2.24) is 10.2 Å². The van der Waals surface area contributed by atoms with Gasteiger partial charge in [0.25, 0.3) is 0 Å². The van der Waals surface area contributed by atoms with Crippen molar-refractivity contribution in [1.29, 1.82) is 0 Å². The number of amides is 3. The smallest absolute Gasteiger partial charge is 0.319 e. The lowest BCUT2D eigenvalue weighted by Crippen LogP contribution is -2.50. The molecule has 2 aromatic carbocycles. The highest BCUT2D eigenvalue weighted by Gasteiger charge is 2.37. The zero-order valence-electron chi connectivity index (χ0n) is 19.8. The van der Waals surface area contributed by atoms with Crippen molar-refractivity contribution in [3.8, 4) is 0 Å². The second-order valence-corrected chi connectivity index (χ2v) is 9.69. The molecule has 0 unspecified atom stereocenters. The van der Waals surface area contributed by atoms with Crippen LogP contribution in [0.2, 0.25) is 0 Å². The zero-order valence-corrected chi connectivity index (χ0v) is 19.8. The third-order valence-corrected chi connectivity index (χ3v) is 7.09. The van der Waals surface area contributed by atoms with Gasteiger partial charge in [-0.1, -0.05) is 49.6 Å². The molecule has 1 aliphatic heterocycles. The highest BCUT2D eigenvalue weighted by Crippen LogP contribution is 2.50. The maximum absolute atomic E-state index is 13.1. The number of urea groups is 1. The molecule has 2 aromatic rings. The molecule has 0 spiro atoms. The maximum atomic E-state index is 13.1. The van der Waals surface area contributed by atoms with Crippen molar-refractivity contribution in [3.63, 3.8) is 0 Å². The highest BCUT2D eigenvalue weighted by atomic mass is 19.1. The molecule has 3 atom stereocenters. The largest absolute Gasteiger partial charge is 0.341 e. The van der Waals surface area contributed by atoms with Crippen molar-refractivity contribution in [2.24, 2.45) is 5.92 Å². The summed E-state index contributed by atoms with van der Waals surface area (Å²) in [6.07, 6.45) is 9.29. The summed E-state index contributed by atoms with van der Waals surface area (Å²) in [5.41, 5.74) is 1.96. The number of benzene rings is 2. The quantitative estimate of drug-likeness (QED) is 0.418. The van der Waals surface area contributed by atoms with E-state index in [1.54, 1.807) is 12.1 Å². The van der Waals surface area contributed by atoms with Gasteiger partial charge in [-0.15, -0.1) is 0 Å². The van der Waals surface area contributed by atoms with Crippen molar-refractivity contribution in [2.75, 3.05) is 18.4 Å². The number of rotatable bonds is 10. The molecule has 0 aromatic heterocycles. The van der Waals surface area contributed by atoms with E-state index in [9.17, 15) is 14.0 Å². The number of piperidine rings is 1. The van der Waals surface area contributed by atoms with Crippen LogP contribution in [0.25, 0.3) is 0 Å². The number of carbonyl (C=O) groups excluding carboxylic acids is 2. The molecule has 1 saturated heterocycles. The van der Waals surface area contributed by atoms with Crippen molar-refractivity contribution < 1.29 is 14.0 Å². The lowest BCUT2D eigenvalue weighted by molar-refractivity contribution is -0.134. The number of halogens is 1. The Balaban J connectivity index is 1.22. The van der Waals surface area contributed by atoms with Crippen LogP contribution in [0.4, 0.5) is 14.9 Å². The predicted molar refractivity (Wildman–Crippen MR) is 133 cm³/mol. The van der Waals surface area contributed by atoms with Crippen molar-refractivity contribution in [3.05, 3.63) is 66.0 Å². The minimum Gasteiger partial charge on any atom is -0.341 e. The van der Waals surface area contributed by atoms with Crippen LogP contribution in [0.3, 0.4) is 0 Å². The van der Waals surface area contributed by atoms with E-state index < -0.39 is 6.04 Å². The van der Waals surface area contributed by atoms with E-state index in [1.807, 2.05) is 47.4 Å². The molecular formula is C28H36FN3O2. The van der Waals surface area contributed by atoms with Gasteiger partial charge in [0.15, 0.2) is 0 Å². The monoisotopic (exact) mass is 465 g/mol. The van der Waals surface area contributed by atoms with Crippen LogP contribution in [0, 0.1) is 11.7 Å². The fourth-order valence-corrected chi connectivity index (χ4v) is 5.06. The van der Waals surface area contributed by atoms with Gasteiger partial charge in [-0.2, -0.15) is 0 Å². The Bertz CT molecular complexity index is 928.